The smallest absolute Gasteiger partial charge is 0.0875 e. The first-order valence-corrected chi connectivity index (χ1v) is 7.30. The molecule has 1 aliphatic heterocycles. The van der Waals surface area contributed by atoms with Crippen molar-refractivity contribution in [1.29, 1.82) is 0 Å². The van der Waals surface area contributed by atoms with Crippen molar-refractivity contribution < 1.29 is 4.74 Å². The van der Waals surface area contributed by atoms with Crippen molar-refractivity contribution in [3.8, 4) is 0 Å². The van der Waals surface area contributed by atoms with Crippen molar-refractivity contribution in [3.63, 3.8) is 0 Å². The van der Waals surface area contributed by atoms with Gasteiger partial charge in [0, 0.05) is 18.6 Å². The molecule has 2 unspecified atom stereocenters. The summed E-state index contributed by atoms with van der Waals surface area (Å²) in [4.78, 5) is 0. The predicted octanol–water partition coefficient (Wildman–Crippen LogP) is 1.51. The van der Waals surface area contributed by atoms with Gasteiger partial charge in [0.25, 0.3) is 0 Å². The largest absolute Gasteiger partial charge is 0.374 e. The summed E-state index contributed by atoms with van der Waals surface area (Å²) in [6.45, 7) is 6.05. The van der Waals surface area contributed by atoms with Gasteiger partial charge in [-0.2, -0.15) is 16.9 Å². The van der Waals surface area contributed by atoms with Crippen LogP contribution < -0.4 is 5.32 Å². The molecular formula is C12H21N3OS. The van der Waals surface area contributed by atoms with E-state index >= 15 is 0 Å². The number of likely N-dealkylation sites (N-methyl/N-ethyl adjacent to an activating group) is 1. The van der Waals surface area contributed by atoms with Crippen LogP contribution in [0.2, 0.25) is 0 Å². The van der Waals surface area contributed by atoms with E-state index in [4.69, 9.17) is 4.74 Å². The molecule has 4 nitrogen and oxygen atoms in total. The summed E-state index contributed by atoms with van der Waals surface area (Å²) in [6, 6.07) is 0.250. The van der Waals surface area contributed by atoms with Crippen LogP contribution in [0.1, 0.15) is 24.2 Å². The van der Waals surface area contributed by atoms with Gasteiger partial charge in [0.1, 0.15) is 0 Å². The first-order valence-electron chi connectivity index (χ1n) is 6.15. The predicted molar refractivity (Wildman–Crippen MR) is 71.4 cm³/mol. The van der Waals surface area contributed by atoms with E-state index < -0.39 is 0 Å². The molecule has 0 bridgehead atoms. The van der Waals surface area contributed by atoms with E-state index in [9.17, 15) is 0 Å². The number of thioether (sulfide) groups is 1. The normalized spacial score (nSPS) is 22.6. The van der Waals surface area contributed by atoms with Crippen LogP contribution in [0.3, 0.4) is 0 Å². The van der Waals surface area contributed by atoms with Gasteiger partial charge in [-0.3, -0.25) is 4.68 Å². The van der Waals surface area contributed by atoms with Gasteiger partial charge >= 0.3 is 0 Å². The molecule has 1 aromatic heterocycles. The molecule has 2 heterocycles. The van der Waals surface area contributed by atoms with Crippen molar-refractivity contribution in [2.24, 2.45) is 7.05 Å². The second-order valence-corrected chi connectivity index (χ2v) is 5.51. The van der Waals surface area contributed by atoms with Crippen LogP contribution in [-0.2, 0) is 11.8 Å². The van der Waals surface area contributed by atoms with Crippen molar-refractivity contribution >= 4 is 11.8 Å². The molecule has 1 aliphatic rings. The van der Waals surface area contributed by atoms with Gasteiger partial charge in [0.2, 0.25) is 0 Å². The minimum absolute atomic E-state index is 0.250. The Hall–Kier alpha value is -0.520. The third kappa shape index (κ3) is 2.84. The number of aryl methyl sites for hydroxylation is 2. The Morgan fingerprint density at radius 3 is 3.06 bits per heavy atom. The molecule has 1 fully saturated rings. The lowest BCUT2D eigenvalue weighted by Gasteiger charge is -2.31. The molecule has 0 saturated carbocycles. The Morgan fingerprint density at radius 2 is 2.53 bits per heavy atom. The maximum Gasteiger partial charge on any atom is 0.0875 e. The van der Waals surface area contributed by atoms with Gasteiger partial charge in [-0.1, -0.05) is 6.92 Å². The zero-order valence-corrected chi connectivity index (χ0v) is 11.6. The molecule has 96 valence electrons. The van der Waals surface area contributed by atoms with E-state index in [2.05, 4.69) is 24.3 Å². The lowest BCUT2D eigenvalue weighted by Crippen LogP contribution is -2.39. The molecule has 1 aromatic rings. The topological polar surface area (TPSA) is 39.1 Å². The van der Waals surface area contributed by atoms with Crippen LogP contribution >= 0.6 is 11.8 Å². The van der Waals surface area contributed by atoms with Crippen molar-refractivity contribution in [2.45, 2.75) is 26.0 Å². The Balaban J connectivity index is 2.21. The molecule has 0 amide bonds. The molecule has 1 saturated heterocycles. The van der Waals surface area contributed by atoms with Gasteiger partial charge < -0.3 is 10.1 Å². The fraction of sp³-hybridized carbons (Fsp3) is 0.750. The van der Waals surface area contributed by atoms with E-state index in [1.54, 1.807) is 0 Å². The molecule has 0 spiro atoms. The summed E-state index contributed by atoms with van der Waals surface area (Å²) in [6.07, 6.45) is 2.18. The average molecular weight is 255 g/mol. The van der Waals surface area contributed by atoms with Gasteiger partial charge in [0.15, 0.2) is 0 Å². The lowest BCUT2D eigenvalue weighted by molar-refractivity contribution is 0.0449. The van der Waals surface area contributed by atoms with E-state index in [1.807, 2.05) is 29.7 Å². The van der Waals surface area contributed by atoms with Crippen molar-refractivity contribution in [3.05, 3.63) is 17.5 Å². The summed E-state index contributed by atoms with van der Waals surface area (Å²) < 4.78 is 7.87. The highest BCUT2D eigenvalue weighted by Crippen LogP contribution is 2.27. The zero-order valence-electron chi connectivity index (χ0n) is 10.8. The Morgan fingerprint density at radius 1 is 1.71 bits per heavy atom. The molecule has 1 N–H and O–H groups in total. The third-order valence-corrected chi connectivity index (χ3v) is 4.13. The van der Waals surface area contributed by atoms with Crippen LogP contribution in [0.15, 0.2) is 6.20 Å². The highest BCUT2D eigenvalue weighted by Gasteiger charge is 2.28. The number of aromatic nitrogens is 2. The fourth-order valence-corrected chi connectivity index (χ4v) is 3.23. The van der Waals surface area contributed by atoms with E-state index in [1.165, 1.54) is 11.3 Å². The Labute approximate surface area is 107 Å². The average Bonchev–Trinajstić information content (AvgIpc) is 2.68. The fourth-order valence-electron chi connectivity index (χ4n) is 2.33. The van der Waals surface area contributed by atoms with Crippen LogP contribution in [0.4, 0.5) is 0 Å². The first kappa shape index (κ1) is 12.9. The van der Waals surface area contributed by atoms with Crippen LogP contribution in [0, 0.1) is 6.92 Å². The molecule has 0 radical (unpaired) electrons. The molecule has 0 aliphatic carbocycles. The maximum atomic E-state index is 5.90. The number of hydrogen-bond acceptors (Lipinski definition) is 4. The number of nitrogens with zero attached hydrogens (tertiary/aromatic N) is 2. The summed E-state index contributed by atoms with van der Waals surface area (Å²) in [7, 11) is 2.00. The van der Waals surface area contributed by atoms with E-state index in [0.29, 0.717) is 0 Å². The van der Waals surface area contributed by atoms with Gasteiger partial charge in [-0.15, -0.1) is 0 Å². The Bertz CT molecular complexity index is 341. The number of rotatable bonds is 4. The second-order valence-electron chi connectivity index (χ2n) is 4.36. The summed E-state index contributed by atoms with van der Waals surface area (Å²) >= 11 is 1.97. The minimum atomic E-state index is 0.250. The maximum absolute atomic E-state index is 5.90. The Kier molecular flexibility index (Phi) is 4.48. The van der Waals surface area contributed by atoms with Gasteiger partial charge in [0.05, 0.1) is 30.6 Å². The summed E-state index contributed by atoms with van der Waals surface area (Å²) in [5.41, 5.74) is 2.48. The number of hydrogen-bond donors (Lipinski definition) is 1. The molecule has 5 heteroatoms. The lowest BCUT2D eigenvalue weighted by atomic mass is 10.0. The van der Waals surface area contributed by atoms with Crippen LogP contribution in [0.25, 0.3) is 0 Å². The third-order valence-electron chi connectivity index (χ3n) is 3.11. The molecule has 17 heavy (non-hydrogen) atoms. The zero-order chi connectivity index (χ0) is 12.3. The number of nitrogens with one attached hydrogen (secondary N) is 1. The van der Waals surface area contributed by atoms with Crippen molar-refractivity contribution in [2.75, 3.05) is 24.7 Å². The van der Waals surface area contributed by atoms with Crippen molar-refractivity contribution in [1.82, 2.24) is 15.1 Å². The van der Waals surface area contributed by atoms with E-state index in [-0.39, 0.29) is 12.1 Å². The molecular weight excluding hydrogens is 234 g/mol. The summed E-state index contributed by atoms with van der Waals surface area (Å²) in [5.74, 6) is 2.17. The van der Waals surface area contributed by atoms with Crippen LogP contribution in [-0.4, -0.2) is 40.5 Å². The minimum Gasteiger partial charge on any atom is -0.374 e. The number of ether oxygens (including phenoxy) is 1. The first-order chi connectivity index (χ1) is 8.24. The van der Waals surface area contributed by atoms with Gasteiger partial charge in [-0.05, 0) is 19.0 Å². The highest BCUT2D eigenvalue weighted by molar-refractivity contribution is 7.99. The molecule has 0 aromatic carbocycles. The highest BCUT2D eigenvalue weighted by atomic mass is 32.2. The quantitative estimate of drug-likeness (QED) is 0.885. The van der Waals surface area contributed by atoms with Gasteiger partial charge in [-0.25, -0.2) is 0 Å². The molecule has 2 rings (SSSR count). The molecule has 2 atom stereocenters. The summed E-state index contributed by atoms with van der Waals surface area (Å²) in [5, 5.41) is 7.87. The standard InChI is InChI=1S/C12H21N3OS/c1-4-13-11(10-8-17-6-5-16-10)12-9(2)7-14-15(12)3/h7,10-11,13H,4-6,8H2,1-3H3. The second kappa shape index (κ2) is 5.89. The van der Waals surface area contributed by atoms with Crippen LogP contribution in [0.5, 0.6) is 0 Å². The monoisotopic (exact) mass is 255 g/mol. The van der Waals surface area contributed by atoms with E-state index in [0.717, 1.165) is 24.7 Å². The SMILES string of the molecule is CCNC(c1c(C)cnn1C)C1CSCCO1.